The molecule has 4 heteroatoms. The molecule has 0 bridgehead atoms. The molecule has 0 fully saturated rings. The van der Waals surface area contributed by atoms with Crippen molar-refractivity contribution in [3.8, 4) is 0 Å². The van der Waals surface area contributed by atoms with Gasteiger partial charge in [0.25, 0.3) is 0 Å². The topological polar surface area (TPSA) is 50.4 Å². The highest BCUT2D eigenvalue weighted by molar-refractivity contribution is 5.44. The lowest BCUT2D eigenvalue weighted by atomic mass is 10.1. The molecule has 0 saturated carbocycles. The summed E-state index contributed by atoms with van der Waals surface area (Å²) < 4.78 is 5.61. The zero-order valence-corrected chi connectivity index (χ0v) is 9.38. The summed E-state index contributed by atoms with van der Waals surface area (Å²) in [5, 5.41) is 0. The van der Waals surface area contributed by atoms with Gasteiger partial charge >= 0.3 is 0 Å². The lowest BCUT2D eigenvalue weighted by Gasteiger charge is -2.23. The van der Waals surface area contributed by atoms with Gasteiger partial charge in [0, 0.05) is 6.61 Å². The Morgan fingerprint density at radius 2 is 2.14 bits per heavy atom. The summed E-state index contributed by atoms with van der Waals surface area (Å²) >= 11 is 0. The smallest absolute Gasteiger partial charge is 0.221 e. The van der Waals surface area contributed by atoms with Crippen molar-refractivity contribution in [2.45, 2.75) is 52.2 Å². The average Bonchev–Trinajstić information content (AvgIpc) is 2.19. The van der Waals surface area contributed by atoms with E-state index in [0.29, 0.717) is 6.41 Å². The highest BCUT2D eigenvalue weighted by Crippen LogP contribution is 2.03. The van der Waals surface area contributed by atoms with E-state index in [1.54, 1.807) is 0 Å². The van der Waals surface area contributed by atoms with E-state index in [4.69, 9.17) is 4.74 Å². The normalized spacial score (nSPS) is 14.8. The van der Waals surface area contributed by atoms with Crippen LogP contribution in [0.15, 0.2) is 0 Å². The van der Waals surface area contributed by atoms with Crippen molar-refractivity contribution in [3.63, 3.8) is 0 Å². The maximum Gasteiger partial charge on any atom is 0.221 e. The van der Waals surface area contributed by atoms with Crippen LogP contribution in [0.3, 0.4) is 0 Å². The fourth-order valence-electron chi connectivity index (χ4n) is 1.22. The maximum atomic E-state index is 10.1. The fourth-order valence-corrected chi connectivity index (χ4v) is 1.22. The minimum absolute atomic E-state index is 0.124. The van der Waals surface area contributed by atoms with Crippen LogP contribution < -0.4 is 10.9 Å². The first-order valence-corrected chi connectivity index (χ1v) is 5.32. The highest BCUT2D eigenvalue weighted by atomic mass is 16.5. The molecular weight excluding hydrogens is 180 g/mol. The van der Waals surface area contributed by atoms with Gasteiger partial charge in [-0.25, -0.2) is 5.43 Å². The van der Waals surface area contributed by atoms with Crippen LogP contribution in [0.5, 0.6) is 0 Å². The molecule has 0 rings (SSSR count). The van der Waals surface area contributed by atoms with Gasteiger partial charge in [-0.1, -0.05) is 20.3 Å². The average molecular weight is 202 g/mol. The lowest BCUT2D eigenvalue weighted by molar-refractivity contribution is -0.110. The summed E-state index contributed by atoms with van der Waals surface area (Å²) in [5.41, 5.74) is 5.36. The molecule has 84 valence electrons. The van der Waals surface area contributed by atoms with E-state index in [1.165, 1.54) is 0 Å². The van der Waals surface area contributed by atoms with Gasteiger partial charge in [0.05, 0.1) is 12.1 Å². The van der Waals surface area contributed by atoms with Crippen molar-refractivity contribution < 1.29 is 9.53 Å². The number of hydrogen-bond acceptors (Lipinski definition) is 3. The second-order valence-electron chi connectivity index (χ2n) is 3.35. The van der Waals surface area contributed by atoms with E-state index in [0.717, 1.165) is 25.9 Å². The Morgan fingerprint density at radius 1 is 1.43 bits per heavy atom. The van der Waals surface area contributed by atoms with Gasteiger partial charge in [-0.3, -0.25) is 10.2 Å². The Bertz CT molecular complexity index is 142. The second kappa shape index (κ2) is 8.97. The third-order valence-corrected chi connectivity index (χ3v) is 2.21. The quantitative estimate of drug-likeness (QED) is 0.336. The standard InChI is InChI=1S/C10H22N2O2/c1-4-6-7-14-9(3)10(5-2)12-11-8-13/h8-10,12H,4-7H2,1-3H3,(H,11,13)/t9-,10-/m0/s1. The molecule has 0 aliphatic carbocycles. The number of rotatable bonds is 9. The molecule has 0 unspecified atom stereocenters. The van der Waals surface area contributed by atoms with E-state index in [1.807, 2.05) is 6.92 Å². The van der Waals surface area contributed by atoms with Crippen molar-refractivity contribution in [2.75, 3.05) is 6.61 Å². The molecule has 0 aliphatic rings. The lowest BCUT2D eigenvalue weighted by Crippen LogP contribution is -2.46. The van der Waals surface area contributed by atoms with Gasteiger partial charge in [0.2, 0.25) is 6.41 Å². The predicted molar refractivity (Wildman–Crippen MR) is 56.7 cm³/mol. The van der Waals surface area contributed by atoms with Gasteiger partial charge in [0.15, 0.2) is 0 Å². The number of unbranched alkanes of at least 4 members (excludes halogenated alkanes) is 1. The van der Waals surface area contributed by atoms with Crippen molar-refractivity contribution in [1.29, 1.82) is 0 Å². The maximum absolute atomic E-state index is 10.1. The summed E-state index contributed by atoms with van der Waals surface area (Å²) in [4.78, 5) is 10.1. The molecule has 0 aliphatic heterocycles. The molecule has 0 aromatic heterocycles. The number of carbonyl (C=O) groups is 1. The van der Waals surface area contributed by atoms with Crippen LogP contribution in [-0.2, 0) is 9.53 Å². The zero-order valence-electron chi connectivity index (χ0n) is 9.38. The minimum Gasteiger partial charge on any atom is -0.377 e. The SMILES string of the molecule is CCCCO[C@@H](C)[C@H](CC)NNC=O. The van der Waals surface area contributed by atoms with Gasteiger partial charge in [-0.05, 0) is 19.8 Å². The molecule has 2 N–H and O–H groups in total. The van der Waals surface area contributed by atoms with E-state index < -0.39 is 0 Å². The first-order chi connectivity index (χ1) is 6.76. The molecule has 1 amide bonds. The van der Waals surface area contributed by atoms with E-state index in [-0.39, 0.29) is 12.1 Å². The first kappa shape index (κ1) is 13.4. The van der Waals surface area contributed by atoms with Crippen molar-refractivity contribution in [3.05, 3.63) is 0 Å². The molecule has 0 saturated heterocycles. The van der Waals surface area contributed by atoms with Crippen LogP contribution in [0.2, 0.25) is 0 Å². The Labute approximate surface area is 86.4 Å². The number of amides is 1. The van der Waals surface area contributed by atoms with Crippen molar-refractivity contribution >= 4 is 6.41 Å². The molecule has 0 aromatic carbocycles. The summed E-state index contributed by atoms with van der Waals surface area (Å²) in [6.45, 7) is 7.00. The third-order valence-electron chi connectivity index (χ3n) is 2.21. The highest BCUT2D eigenvalue weighted by Gasteiger charge is 2.14. The van der Waals surface area contributed by atoms with Gasteiger partial charge < -0.3 is 4.74 Å². The number of carbonyl (C=O) groups excluding carboxylic acids is 1. The minimum atomic E-state index is 0.124. The first-order valence-electron chi connectivity index (χ1n) is 5.32. The van der Waals surface area contributed by atoms with E-state index in [9.17, 15) is 4.79 Å². The van der Waals surface area contributed by atoms with Crippen molar-refractivity contribution in [1.82, 2.24) is 10.9 Å². The Hall–Kier alpha value is -0.610. The van der Waals surface area contributed by atoms with Gasteiger partial charge in [0.1, 0.15) is 0 Å². The van der Waals surface area contributed by atoms with Crippen molar-refractivity contribution in [2.24, 2.45) is 0 Å². The summed E-state index contributed by atoms with van der Waals surface area (Å²) in [5.74, 6) is 0. The number of hydrogen-bond donors (Lipinski definition) is 2. The summed E-state index contributed by atoms with van der Waals surface area (Å²) in [6.07, 6.45) is 3.92. The molecule has 0 radical (unpaired) electrons. The van der Waals surface area contributed by atoms with Gasteiger partial charge in [-0.2, -0.15) is 0 Å². The van der Waals surface area contributed by atoms with Crippen LogP contribution in [0.25, 0.3) is 0 Å². The second-order valence-corrected chi connectivity index (χ2v) is 3.35. The molecule has 4 nitrogen and oxygen atoms in total. The Balaban J connectivity index is 3.66. The van der Waals surface area contributed by atoms with Crippen LogP contribution in [0.4, 0.5) is 0 Å². The van der Waals surface area contributed by atoms with E-state index in [2.05, 4.69) is 24.7 Å². The van der Waals surface area contributed by atoms with Crippen LogP contribution >= 0.6 is 0 Å². The van der Waals surface area contributed by atoms with Gasteiger partial charge in [-0.15, -0.1) is 0 Å². The molecule has 0 aromatic rings. The molecule has 0 spiro atoms. The Morgan fingerprint density at radius 3 is 2.64 bits per heavy atom. The summed E-state index contributed by atoms with van der Waals surface area (Å²) in [7, 11) is 0. The summed E-state index contributed by atoms with van der Waals surface area (Å²) in [6, 6.07) is 0.178. The van der Waals surface area contributed by atoms with Crippen LogP contribution in [0, 0.1) is 0 Å². The largest absolute Gasteiger partial charge is 0.377 e. The third kappa shape index (κ3) is 5.94. The molecular formula is C10H22N2O2. The van der Waals surface area contributed by atoms with Crippen LogP contribution in [-0.4, -0.2) is 25.2 Å². The monoisotopic (exact) mass is 202 g/mol. The molecule has 2 atom stereocenters. The molecule has 14 heavy (non-hydrogen) atoms. The number of nitrogens with one attached hydrogen (secondary N) is 2. The zero-order chi connectivity index (χ0) is 10.8. The predicted octanol–water partition coefficient (Wildman–Crippen LogP) is 1.22. The van der Waals surface area contributed by atoms with Crippen LogP contribution in [0.1, 0.15) is 40.0 Å². The van der Waals surface area contributed by atoms with E-state index >= 15 is 0 Å². The number of hydrazine groups is 1. The molecule has 0 heterocycles. The Kier molecular flexibility index (Phi) is 8.57. The number of ether oxygens (including phenoxy) is 1. The fraction of sp³-hybridized carbons (Fsp3) is 0.900.